The van der Waals surface area contributed by atoms with Crippen molar-refractivity contribution in [2.75, 3.05) is 18.0 Å². The molecule has 0 saturated heterocycles. The van der Waals surface area contributed by atoms with Crippen LogP contribution in [0.15, 0.2) is 112 Å². The number of halogens is 2. The van der Waals surface area contributed by atoms with Gasteiger partial charge in [-0.1, -0.05) is 95.1 Å². The highest BCUT2D eigenvalue weighted by Crippen LogP contribution is 2.35. The van der Waals surface area contributed by atoms with Crippen LogP contribution in [-0.4, -0.2) is 50.9 Å². The van der Waals surface area contributed by atoms with Gasteiger partial charge in [-0.2, -0.15) is 0 Å². The molecular formula is C35H37BrClN3O5S. The summed E-state index contributed by atoms with van der Waals surface area (Å²) < 4.78 is 35.8. The number of nitrogens with one attached hydrogen (secondary N) is 1. The molecule has 0 aliphatic carbocycles. The van der Waals surface area contributed by atoms with Crippen LogP contribution >= 0.6 is 27.5 Å². The van der Waals surface area contributed by atoms with Crippen molar-refractivity contribution in [2.45, 2.75) is 50.2 Å². The van der Waals surface area contributed by atoms with E-state index in [2.05, 4.69) is 21.2 Å². The monoisotopic (exact) mass is 725 g/mol. The lowest BCUT2D eigenvalue weighted by atomic mass is 10.0. The van der Waals surface area contributed by atoms with Crippen molar-refractivity contribution in [3.63, 3.8) is 0 Å². The van der Waals surface area contributed by atoms with Crippen LogP contribution in [0.4, 0.5) is 5.69 Å². The number of anilines is 1. The fourth-order valence-corrected chi connectivity index (χ4v) is 6.74. The number of nitrogens with zero attached hydrogens (tertiary/aromatic N) is 2. The molecule has 8 nitrogen and oxygen atoms in total. The highest BCUT2D eigenvalue weighted by atomic mass is 79.9. The summed E-state index contributed by atoms with van der Waals surface area (Å²) >= 11 is 9.80. The van der Waals surface area contributed by atoms with Crippen LogP contribution in [0.5, 0.6) is 5.75 Å². The Morgan fingerprint density at radius 3 is 2.15 bits per heavy atom. The minimum Gasteiger partial charge on any atom is -0.495 e. The van der Waals surface area contributed by atoms with E-state index in [9.17, 15) is 18.0 Å². The second kappa shape index (κ2) is 16.1. The number of sulfonamides is 1. The maximum atomic E-state index is 14.6. The third kappa shape index (κ3) is 8.90. The minimum absolute atomic E-state index is 0.0142. The van der Waals surface area contributed by atoms with E-state index in [-0.39, 0.29) is 46.3 Å². The van der Waals surface area contributed by atoms with Crippen LogP contribution in [0, 0.1) is 0 Å². The van der Waals surface area contributed by atoms with Gasteiger partial charge in [0.15, 0.2) is 0 Å². The number of benzene rings is 4. The predicted octanol–water partition coefficient (Wildman–Crippen LogP) is 6.86. The molecule has 0 bridgehead atoms. The van der Waals surface area contributed by atoms with Gasteiger partial charge in [-0.05, 0) is 66.9 Å². The third-order valence-corrected chi connectivity index (χ3v) is 10.1. The molecular weight excluding hydrogens is 690 g/mol. The standard InChI is InChI=1S/C35H37BrClN3O5S/c1-4-25(2)38-35(42)32(21-26-11-7-5-8-12-26)39(23-27-15-17-28(36)18-16-27)34(41)24-40(31-22-29(37)19-20-33(31)45-3)46(43,44)30-13-9-6-10-14-30/h5-20,22,25,32H,4,21,23-24H2,1-3H3,(H,38,42). The van der Waals surface area contributed by atoms with Gasteiger partial charge in [-0.15, -0.1) is 0 Å². The summed E-state index contributed by atoms with van der Waals surface area (Å²) in [7, 11) is -2.88. The Morgan fingerprint density at radius 2 is 1.54 bits per heavy atom. The molecule has 2 unspecified atom stereocenters. The molecule has 0 heterocycles. The van der Waals surface area contributed by atoms with Crippen LogP contribution in [-0.2, 0) is 32.6 Å². The molecule has 242 valence electrons. The molecule has 0 spiro atoms. The molecule has 4 aromatic rings. The summed E-state index contributed by atoms with van der Waals surface area (Å²) in [5, 5.41) is 3.30. The average Bonchev–Trinajstić information content (AvgIpc) is 3.06. The number of ether oxygens (including phenoxy) is 1. The first-order chi connectivity index (χ1) is 22.0. The largest absolute Gasteiger partial charge is 0.495 e. The minimum atomic E-state index is -4.30. The van der Waals surface area contributed by atoms with Crippen molar-refractivity contribution in [2.24, 2.45) is 0 Å². The van der Waals surface area contributed by atoms with Crippen molar-refractivity contribution < 1.29 is 22.7 Å². The van der Waals surface area contributed by atoms with E-state index in [4.69, 9.17) is 16.3 Å². The van der Waals surface area contributed by atoms with Crippen molar-refractivity contribution in [1.29, 1.82) is 0 Å². The van der Waals surface area contributed by atoms with Crippen LogP contribution in [0.25, 0.3) is 0 Å². The van der Waals surface area contributed by atoms with E-state index >= 15 is 0 Å². The molecule has 46 heavy (non-hydrogen) atoms. The molecule has 4 rings (SSSR count). The highest BCUT2D eigenvalue weighted by molar-refractivity contribution is 9.10. The number of carbonyl (C=O) groups is 2. The molecule has 2 amide bonds. The number of carbonyl (C=O) groups excluding carboxylic acids is 2. The van der Waals surface area contributed by atoms with Gasteiger partial charge in [-0.3, -0.25) is 13.9 Å². The molecule has 0 saturated carbocycles. The number of amides is 2. The first kappa shape index (κ1) is 35.0. The molecule has 1 N–H and O–H groups in total. The van der Waals surface area contributed by atoms with Crippen molar-refractivity contribution >= 4 is 55.1 Å². The van der Waals surface area contributed by atoms with E-state index in [0.717, 1.165) is 19.9 Å². The Kier molecular flexibility index (Phi) is 12.3. The fourth-order valence-electron chi connectivity index (χ4n) is 4.87. The lowest BCUT2D eigenvalue weighted by Gasteiger charge is -2.34. The SMILES string of the molecule is CCC(C)NC(=O)C(Cc1ccccc1)N(Cc1ccc(Br)cc1)C(=O)CN(c1cc(Cl)ccc1OC)S(=O)(=O)c1ccccc1. The van der Waals surface area contributed by atoms with Crippen molar-refractivity contribution in [1.82, 2.24) is 10.2 Å². The summed E-state index contributed by atoms with van der Waals surface area (Å²) in [6.07, 6.45) is 0.916. The normalized spacial score (nSPS) is 12.5. The van der Waals surface area contributed by atoms with E-state index < -0.39 is 28.5 Å². The number of hydrogen-bond acceptors (Lipinski definition) is 5. The zero-order chi connectivity index (χ0) is 33.3. The highest BCUT2D eigenvalue weighted by Gasteiger charge is 2.36. The Labute approximate surface area is 284 Å². The Bertz CT molecular complexity index is 1720. The van der Waals surface area contributed by atoms with Gasteiger partial charge in [0.25, 0.3) is 10.0 Å². The molecule has 4 aromatic carbocycles. The van der Waals surface area contributed by atoms with Crippen molar-refractivity contribution in [3.8, 4) is 5.75 Å². The Morgan fingerprint density at radius 1 is 0.913 bits per heavy atom. The van der Waals surface area contributed by atoms with Gasteiger partial charge < -0.3 is 15.0 Å². The number of methoxy groups -OCH3 is 1. The summed E-state index contributed by atoms with van der Waals surface area (Å²) in [6.45, 7) is 3.31. The lowest BCUT2D eigenvalue weighted by molar-refractivity contribution is -0.140. The van der Waals surface area contributed by atoms with Gasteiger partial charge >= 0.3 is 0 Å². The zero-order valence-corrected chi connectivity index (χ0v) is 29.1. The van der Waals surface area contributed by atoms with Crippen LogP contribution in [0.2, 0.25) is 5.02 Å². The lowest BCUT2D eigenvalue weighted by Crippen LogP contribution is -2.54. The third-order valence-electron chi connectivity index (χ3n) is 7.56. The van der Waals surface area contributed by atoms with Gasteiger partial charge in [0, 0.05) is 28.5 Å². The van der Waals surface area contributed by atoms with Gasteiger partial charge in [0.1, 0.15) is 18.3 Å². The second-order valence-corrected chi connectivity index (χ2v) is 14.0. The van der Waals surface area contributed by atoms with E-state index in [1.165, 1.54) is 30.2 Å². The zero-order valence-electron chi connectivity index (χ0n) is 25.9. The average molecular weight is 727 g/mol. The van der Waals surface area contributed by atoms with E-state index in [1.54, 1.807) is 30.3 Å². The maximum Gasteiger partial charge on any atom is 0.264 e. The molecule has 0 aliphatic heterocycles. The van der Waals surface area contributed by atoms with Crippen LogP contribution in [0.3, 0.4) is 0 Å². The molecule has 0 aromatic heterocycles. The second-order valence-electron chi connectivity index (χ2n) is 10.8. The van der Waals surface area contributed by atoms with Gasteiger partial charge in [0.05, 0.1) is 17.7 Å². The molecule has 0 aliphatic rings. The molecule has 0 radical (unpaired) electrons. The summed E-state index contributed by atoms with van der Waals surface area (Å²) in [5.41, 5.74) is 1.72. The van der Waals surface area contributed by atoms with Gasteiger partial charge in [-0.25, -0.2) is 8.42 Å². The first-order valence-corrected chi connectivity index (χ1v) is 17.4. The summed E-state index contributed by atoms with van der Waals surface area (Å²) in [5.74, 6) is -0.697. The quantitative estimate of drug-likeness (QED) is 0.153. The molecule has 2 atom stereocenters. The van der Waals surface area contributed by atoms with Crippen molar-refractivity contribution in [3.05, 3.63) is 124 Å². The number of rotatable bonds is 14. The number of hydrogen-bond donors (Lipinski definition) is 1. The fraction of sp³-hybridized carbons (Fsp3) is 0.257. The summed E-state index contributed by atoms with van der Waals surface area (Å²) in [4.78, 5) is 30.0. The Hall–Kier alpha value is -3.86. The maximum absolute atomic E-state index is 14.6. The van der Waals surface area contributed by atoms with E-state index in [0.29, 0.717) is 6.42 Å². The van der Waals surface area contributed by atoms with Crippen LogP contribution < -0.4 is 14.4 Å². The first-order valence-electron chi connectivity index (χ1n) is 14.8. The summed E-state index contributed by atoms with van der Waals surface area (Å²) in [6, 6.07) is 28.2. The van der Waals surface area contributed by atoms with Crippen LogP contribution in [0.1, 0.15) is 31.4 Å². The molecule has 0 fully saturated rings. The predicted molar refractivity (Wildman–Crippen MR) is 185 cm³/mol. The smallest absolute Gasteiger partial charge is 0.264 e. The van der Waals surface area contributed by atoms with Gasteiger partial charge in [0.2, 0.25) is 11.8 Å². The van der Waals surface area contributed by atoms with E-state index in [1.807, 2.05) is 68.4 Å². The molecule has 11 heteroatoms. The Balaban J connectivity index is 1.84. The topological polar surface area (TPSA) is 96.0 Å².